The molecular weight excluding hydrogens is 264 g/mol. The summed E-state index contributed by atoms with van der Waals surface area (Å²) >= 11 is 0. The zero-order valence-corrected chi connectivity index (χ0v) is 12.4. The molecule has 2 atom stereocenters. The van der Waals surface area contributed by atoms with Crippen LogP contribution in [0.5, 0.6) is 0 Å². The molecule has 1 aromatic carbocycles. The SMILES string of the molecule is Cc1ccccc1NC(=O)C1CC1C(=O)NC1CCCC1. The molecule has 0 heterocycles. The van der Waals surface area contributed by atoms with Crippen molar-refractivity contribution in [1.82, 2.24) is 5.32 Å². The highest BCUT2D eigenvalue weighted by Gasteiger charge is 2.48. The lowest BCUT2D eigenvalue weighted by molar-refractivity contribution is -0.125. The van der Waals surface area contributed by atoms with Crippen LogP contribution < -0.4 is 10.6 Å². The van der Waals surface area contributed by atoms with Gasteiger partial charge in [-0.25, -0.2) is 0 Å². The van der Waals surface area contributed by atoms with Gasteiger partial charge in [0.1, 0.15) is 0 Å². The third-order valence-electron chi connectivity index (χ3n) is 4.57. The lowest BCUT2D eigenvalue weighted by Gasteiger charge is -2.12. The average molecular weight is 286 g/mol. The Morgan fingerprint density at radius 1 is 1.05 bits per heavy atom. The van der Waals surface area contributed by atoms with E-state index in [1.165, 1.54) is 12.8 Å². The summed E-state index contributed by atoms with van der Waals surface area (Å²) in [6.07, 6.45) is 5.24. The van der Waals surface area contributed by atoms with Gasteiger partial charge < -0.3 is 10.6 Å². The van der Waals surface area contributed by atoms with Crippen molar-refractivity contribution in [3.05, 3.63) is 29.8 Å². The minimum absolute atomic E-state index is 0.0316. The van der Waals surface area contributed by atoms with Crippen molar-refractivity contribution in [2.24, 2.45) is 11.8 Å². The molecule has 0 aromatic heterocycles. The maximum absolute atomic E-state index is 12.2. The maximum Gasteiger partial charge on any atom is 0.228 e. The molecule has 0 radical (unpaired) electrons. The van der Waals surface area contributed by atoms with Crippen LogP contribution in [0.4, 0.5) is 5.69 Å². The van der Waals surface area contributed by atoms with Crippen molar-refractivity contribution >= 4 is 17.5 Å². The van der Waals surface area contributed by atoms with E-state index in [2.05, 4.69) is 10.6 Å². The molecule has 2 aliphatic rings. The predicted molar refractivity (Wildman–Crippen MR) is 81.8 cm³/mol. The summed E-state index contributed by atoms with van der Waals surface area (Å²) in [7, 11) is 0. The minimum Gasteiger partial charge on any atom is -0.353 e. The zero-order chi connectivity index (χ0) is 14.8. The van der Waals surface area contributed by atoms with Crippen LogP contribution in [-0.2, 0) is 9.59 Å². The molecule has 0 aliphatic heterocycles. The smallest absolute Gasteiger partial charge is 0.228 e. The highest BCUT2D eigenvalue weighted by Crippen LogP contribution is 2.40. The van der Waals surface area contributed by atoms with Crippen molar-refractivity contribution in [1.29, 1.82) is 0 Å². The van der Waals surface area contributed by atoms with Crippen LogP contribution in [-0.4, -0.2) is 17.9 Å². The highest BCUT2D eigenvalue weighted by molar-refractivity contribution is 5.99. The number of nitrogens with one attached hydrogen (secondary N) is 2. The molecule has 0 spiro atoms. The van der Waals surface area contributed by atoms with Gasteiger partial charge in [-0.05, 0) is 37.8 Å². The number of hydrogen-bond donors (Lipinski definition) is 2. The molecule has 2 amide bonds. The van der Waals surface area contributed by atoms with Gasteiger partial charge in [-0.3, -0.25) is 9.59 Å². The number of aryl methyl sites for hydroxylation is 1. The number of amides is 2. The Balaban J connectivity index is 1.51. The number of benzene rings is 1. The Kier molecular flexibility index (Phi) is 3.95. The molecule has 4 nitrogen and oxygen atoms in total. The molecule has 112 valence electrons. The summed E-state index contributed by atoms with van der Waals surface area (Å²) in [4.78, 5) is 24.3. The fraction of sp³-hybridized carbons (Fsp3) is 0.529. The molecule has 0 bridgehead atoms. The zero-order valence-electron chi connectivity index (χ0n) is 12.4. The first kappa shape index (κ1) is 14.1. The summed E-state index contributed by atoms with van der Waals surface area (Å²) in [5.41, 5.74) is 1.88. The van der Waals surface area contributed by atoms with Gasteiger partial charge in [-0.2, -0.15) is 0 Å². The molecule has 0 saturated heterocycles. The first-order valence-corrected chi connectivity index (χ1v) is 7.82. The predicted octanol–water partition coefficient (Wildman–Crippen LogP) is 2.63. The van der Waals surface area contributed by atoms with Crippen molar-refractivity contribution in [2.75, 3.05) is 5.32 Å². The van der Waals surface area contributed by atoms with E-state index >= 15 is 0 Å². The van der Waals surface area contributed by atoms with Gasteiger partial charge in [0.2, 0.25) is 11.8 Å². The second-order valence-electron chi connectivity index (χ2n) is 6.24. The Morgan fingerprint density at radius 2 is 1.71 bits per heavy atom. The fourth-order valence-electron chi connectivity index (χ4n) is 3.09. The fourth-order valence-corrected chi connectivity index (χ4v) is 3.09. The molecule has 2 fully saturated rings. The largest absolute Gasteiger partial charge is 0.353 e. The summed E-state index contributed by atoms with van der Waals surface area (Å²) in [5, 5.41) is 6.01. The average Bonchev–Trinajstić information content (AvgIpc) is 3.13. The summed E-state index contributed by atoms with van der Waals surface area (Å²) in [6.45, 7) is 1.97. The van der Waals surface area contributed by atoms with Gasteiger partial charge in [0.25, 0.3) is 0 Å². The summed E-state index contributed by atoms with van der Waals surface area (Å²) < 4.78 is 0. The highest BCUT2D eigenvalue weighted by atomic mass is 16.2. The van der Waals surface area contributed by atoms with E-state index in [4.69, 9.17) is 0 Å². The van der Waals surface area contributed by atoms with Crippen molar-refractivity contribution in [2.45, 2.75) is 45.1 Å². The number of rotatable bonds is 4. The second kappa shape index (κ2) is 5.88. The van der Waals surface area contributed by atoms with E-state index in [1.807, 2.05) is 31.2 Å². The van der Waals surface area contributed by atoms with E-state index in [-0.39, 0.29) is 23.7 Å². The van der Waals surface area contributed by atoms with Gasteiger partial charge in [0, 0.05) is 11.7 Å². The van der Waals surface area contributed by atoms with Crippen molar-refractivity contribution < 1.29 is 9.59 Å². The van der Waals surface area contributed by atoms with Crippen molar-refractivity contribution in [3.8, 4) is 0 Å². The molecule has 1 aromatic rings. The summed E-state index contributed by atoms with van der Waals surface area (Å²) in [5.74, 6) is -0.261. The monoisotopic (exact) mass is 286 g/mol. The Bertz CT molecular complexity index is 549. The molecule has 4 heteroatoms. The molecular formula is C17H22N2O2. The van der Waals surface area contributed by atoms with E-state index in [0.717, 1.165) is 24.1 Å². The maximum atomic E-state index is 12.2. The van der Waals surface area contributed by atoms with Crippen LogP contribution in [0.1, 0.15) is 37.7 Å². The number of hydrogen-bond acceptors (Lipinski definition) is 2. The number of carbonyl (C=O) groups excluding carboxylic acids is 2. The Labute approximate surface area is 125 Å². The van der Waals surface area contributed by atoms with Gasteiger partial charge in [0.05, 0.1) is 11.8 Å². The van der Waals surface area contributed by atoms with E-state index in [1.54, 1.807) is 0 Å². The number of anilines is 1. The third kappa shape index (κ3) is 3.26. The second-order valence-corrected chi connectivity index (χ2v) is 6.24. The quantitative estimate of drug-likeness (QED) is 0.894. The van der Waals surface area contributed by atoms with Gasteiger partial charge in [0.15, 0.2) is 0 Å². The molecule has 3 rings (SSSR count). The van der Waals surface area contributed by atoms with Crippen LogP contribution in [0.3, 0.4) is 0 Å². The molecule has 2 aliphatic carbocycles. The van der Waals surface area contributed by atoms with Crippen LogP contribution >= 0.6 is 0 Å². The molecule has 2 saturated carbocycles. The van der Waals surface area contributed by atoms with Gasteiger partial charge >= 0.3 is 0 Å². The van der Waals surface area contributed by atoms with Crippen LogP contribution in [0, 0.1) is 18.8 Å². The Hall–Kier alpha value is -1.84. The van der Waals surface area contributed by atoms with Gasteiger partial charge in [-0.1, -0.05) is 31.0 Å². The number of para-hydroxylation sites is 1. The molecule has 2 N–H and O–H groups in total. The van der Waals surface area contributed by atoms with Gasteiger partial charge in [-0.15, -0.1) is 0 Å². The molecule has 2 unspecified atom stereocenters. The topological polar surface area (TPSA) is 58.2 Å². The summed E-state index contributed by atoms with van der Waals surface area (Å²) in [6, 6.07) is 8.04. The first-order chi connectivity index (χ1) is 10.1. The standard InChI is InChI=1S/C17H22N2O2/c1-11-6-2-5-9-15(11)19-17(21)14-10-13(14)16(20)18-12-7-3-4-8-12/h2,5-6,9,12-14H,3-4,7-8,10H2,1H3,(H,18,20)(H,19,21). The van der Waals surface area contributed by atoms with Crippen molar-refractivity contribution in [3.63, 3.8) is 0 Å². The van der Waals surface area contributed by atoms with Crippen LogP contribution in [0.2, 0.25) is 0 Å². The minimum atomic E-state index is -0.161. The first-order valence-electron chi connectivity index (χ1n) is 7.82. The van der Waals surface area contributed by atoms with E-state index < -0.39 is 0 Å². The normalized spacial score (nSPS) is 24.6. The van der Waals surface area contributed by atoms with Crippen LogP contribution in [0.25, 0.3) is 0 Å². The molecule has 21 heavy (non-hydrogen) atoms. The van der Waals surface area contributed by atoms with E-state index in [0.29, 0.717) is 12.5 Å². The number of carbonyl (C=O) groups is 2. The lowest BCUT2D eigenvalue weighted by atomic mass is 10.2. The van der Waals surface area contributed by atoms with Crippen LogP contribution in [0.15, 0.2) is 24.3 Å². The lowest BCUT2D eigenvalue weighted by Crippen LogP contribution is -2.34. The van der Waals surface area contributed by atoms with E-state index in [9.17, 15) is 9.59 Å². The third-order valence-corrected chi connectivity index (χ3v) is 4.57. The Morgan fingerprint density at radius 3 is 2.43 bits per heavy atom.